The highest BCUT2D eigenvalue weighted by Crippen LogP contribution is 2.22. The lowest BCUT2D eigenvalue weighted by atomic mass is 9.90. The summed E-state index contributed by atoms with van der Waals surface area (Å²) in [6.07, 6.45) is 4.80. The highest BCUT2D eigenvalue weighted by atomic mass is 16.5. The predicted octanol–water partition coefficient (Wildman–Crippen LogP) is 1.86. The Hall–Kier alpha value is -1.84. The summed E-state index contributed by atoms with van der Waals surface area (Å²) in [6.45, 7) is 0.308. The summed E-state index contributed by atoms with van der Waals surface area (Å²) in [4.78, 5) is 22.9. The first-order valence-electron chi connectivity index (χ1n) is 6.67. The normalized spacial score (nSPS) is 13.5. The number of esters is 1. The van der Waals surface area contributed by atoms with Crippen molar-refractivity contribution in [2.24, 2.45) is 0 Å². The van der Waals surface area contributed by atoms with E-state index in [1.54, 1.807) is 0 Å². The molecule has 4 heteroatoms. The number of benzene rings is 1. The number of carbonyl (C=O) groups is 2. The van der Waals surface area contributed by atoms with Crippen molar-refractivity contribution in [3.63, 3.8) is 0 Å². The molecule has 0 unspecified atom stereocenters. The van der Waals surface area contributed by atoms with Crippen LogP contribution in [0.15, 0.2) is 18.2 Å². The van der Waals surface area contributed by atoms with E-state index < -0.39 is 0 Å². The standard InChI is InChI=1S/C15H19NO3/c1-19-14(17)8-9-16-15(18)13-7-6-11-4-2-3-5-12(11)10-13/h6-7,10H,2-5,8-9H2,1H3,(H,16,18). The number of amides is 1. The maximum Gasteiger partial charge on any atom is 0.307 e. The van der Waals surface area contributed by atoms with Crippen LogP contribution in [0.4, 0.5) is 0 Å². The Labute approximate surface area is 113 Å². The topological polar surface area (TPSA) is 55.4 Å². The Kier molecular flexibility index (Phi) is 4.55. The zero-order valence-electron chi connectivity index (χ0n) is 11.2. The minimum absolute atomic E-state index is 0.128. The number of methoxy groups -OCH3 is 1. The number of ether oxygens (including phenoxy) is 1. The molecule has 4 nitrogen and oxygen atoms in total. The molecule has 102 valence electrons. The fourth-order valence-corrected chi connectivity index (χ4v) is 2.36. The zero-order chi connectivity index (χ0) is 13.7. The summed E-state index contributed by atoms with van der Waals surface area (Å²) in [5.41, 5.74) is 3.31. The summed E-state index contributed by atoms with van der Waals surface area (Å²) < 4.78 is 4.52. The van der Waals surface area contributed by atoms with Gasteiger partial charge in [-0.1, -0.05) is 6.07 Å². The average Bonchev–Trinajstić information content (AvgIpc) is 2.46. The van der Waals surface area contributed by atoms with Gasteiger partial charge in [0.05, 0.1) is 13.5 Å². The largest absolute Gasteiger partial charge is 0.469 e. The molecule has 2 rings (SSSR count). The van der Waals surface area contributed by atoms with Crippen molar-refractivity contribution in [2.45, 2.75) is 32.1 Å². The van der Waals surface area contributed by atoms with Gasteiger partial charge in [-0.25, -0.2) is 0 Å². The fourth-order valence-electron chi connectivity index (χ4n) is 2.36. The molecule has 0 aromatic heterocycles. The van der Waals surface area contributed by atoms with Gasteiger partial charge in [0.1, 0.15) is 0 Å². The van der Waals surface area contributed by atoms with E-state index in [-0.39, 0.29) is 18.3 Å². The maximum atomic E-state index is 11.9. The van der Waals surface area contributed by atoms with E-state index in [1.807, 2.05) is 18.2 Å². The Morgan fingerprint density at radius 3 is 2.68 bits per heavy atom. The van der Waals surface area contributed by atoms with Crippen LogP contribution < -0.4 is 5.32 Å². The SMILES string of the molecule is COC(=O)CCNC(=O)c1ccc2c(c1)CCCC2. The van der Waals surface area contributed by atoms with E-state index in [0.717, 1.165) is 12.8 Å². The van der Waals surface area contributed by atoms with E-state index in [1.165, 1.54) is 31.1 Å². The first-order valence-corrected chi connectivity index (χ1v) is 6.67. The van der Waals surface area contributed by atoms with Crippen LogP contribution in [0.2, 0.25) is 0 Å². The second-order valence-corrected chi connectivity index (χ2v) is 4.77. The van der Waals surface area contributed by atoms with Gasteiger partial charge in [0, 0.05) is 12.1 Å². The van der Waals surface area contributed by atoms with Crippen molar-refractivity contribution in [1.29, 1.82) is 0 Å². The number of aryl methyl sites for hydroxylation is 2. The average molecular weight is 261 g/mol. The monoisotopic (exact) mass is 261 g/mol. The number of hydrogen-bond donors (Lipinski definition) is 1. The Morgan fingerprint density at radius 2 is 1.95 bits per heavy atom. The third kappa shape index (κ3) is 3.56. The summed E-state index contributed by atoms with van der Waals surface area (Å²) >= 11 is 0. The lowest BCUT2D eigenvalue weighted by Crippen LogP contribution is -2.26. The van der Waals surface area contributed by atoms with Gasteiger partial charge >= 0.3 is 5.97 Å². The molecule has 0 fully saturated rings. The number of fused-ring (bicyclic) bond motifs is 1. The molecule has 19 heavy (non-hydrogen) atoms. The van der Waals surface area contributed by atoms with Gasteiger partial charge in [-0.3, -0.25) is 9.59 Å². The van der Waals surface area contributed by atoms with Crippen LogP contribution in [0.5, 0.6) is 0 Å². The van der Waals surface area contributed by atoms with E-state index in [9.17, 15) is 9.59 Å². The molecule has 1 aliphatic carbocycles. The summed E-state index contributed by atoms with van der Waals surface area (Å²) in [7, 11) is 1.34. The lowest BCUT2D eigenvalue weighted by Gasteiger charge is -2.16. The first-order chi connectivity index (χ1) is 9.20. The van der Waals surface area contributed by atoms with Crippen molar-refractivity contribution >= 4 is 11.9 Å². The molecule has 1 aromatic carbocycles. The quantitative estimate of drug-likeness (QED) is 0.842. The minimum Gasteiger partial charge on any atom is -0.469 e. The predicted molar refractivity (Wildman–Crippen MR) is 72.1 cm³/mol. The molecule has 1 N–H and O–H groups in total. The molecule has 0 spiro atoms. The van der Waals surface area contributed by atoms with Crippen LogP contribution in [0.25, 0.3) is 0 Å². The van der Waals surface area contributed by atoms with Gasteiger partial charge in [-0.15, -0.1) is 0 Å². The van der Waals surface area contributed by atoms with E-state index >= 15 is 0 Å². The second kappa shape index (κ2) is 6.36. The molecular weight excluding hydrogens is 242 g/mol. The van der Waals surface area contributed by atoms with E-state index in [4.69, 9.17) is 0 Å². The number of nitrogens with one attached hydrogen (secondary N) is 1. The summed E-state index contributed by atoms with van der Waals surface area (Å²) in [5, 5.41) is 2.73. The summed E-state index contributed by atoms with van der Waals surface area (Å²) in [6, 6.07) is 5.88. The zero-order valence-corrected chi connectivity index (χ0v) is 11.2. The van der Waals surface area contributed by atoms with Crippen LogP contribution in [-0.4, -0.2) is 25.5 Å². The van der Waals surface area contributed by atoms with Crippen LogP contribution in [0.3, 0.4) is 0 Å². The van der Waals surface area contributed by atoms with Crippen molar-refractivity contribution in [2.75, 3.05) is 13.7 Å². The Morgan fingerprint density at radius 1 is 1.21 bits per heavy atom. The van der Waals surface area contributed by atoms with Crippen molar-refractivity contribution in [3.8, 4) is 0 Å². The van der Waals surface area contributed by atoms with Crippen LogP contribution in [0, 0.1) is 0 Å². The molecular formula is C15H19NO3. The first kappa shape index (κ1) is 13.6. The highest BCUT2D eigenvalue weighted by molar-refractivity contribution is 5.94. The molecule has 0 heterocycles. The number of rotatable bonds is 4. The molecule has 1 aromatic rings. The Bertz CT molecular complexity index is 482. The fraction of sp³-hybridized carbons (Fsp3) is 0.467. The minimum atomic E-state index is -0.314. The van der Waals surface area contributed by atoms with Crippen molar-refractivity contribution in [3.05, 3.63) is 34.9 Å². The molecule has 0 atom stereocenters. The third-order valence-electron chi connectivity index (χ3n) is 3.45. The van der Waals surface area contributed by atoms with E-state index in [2.05, 4.69) is 10.1 Å². The van der Waals surface area contributed by atoms with Gasteiger partial charge < -0.3 is 10.1 Å². The van der Waals surface area contributed by atoms with Crippen LogP contribution in [-0.2, 0) is 22.4 Å². The van der Waals surface area contributed by atoms with E-state index in [0.29, 0.717) is 12.1 Å². The van der Waals surface area contributed by atoms with Crippen molar-refractivity contribution < 1.29 is 14.3 Å². The number of hydrogen-bond acceptors (Lipinski definition) is 3. The molecule has 1 aliphatic rings. The molecule has 0 aliphatic heterocycles. The highest BCUT2D eigenvalue weighted by Gasteiger charge is 2.12. The molecule has 0 radical (unpaired) electrons. The van der Waals surface area contributed by atoms with Crippen LogP contribution >= 0.6 is 0 Å². The van der Waals surface area contributed by atoms with Gasteiger partial charge in [0.25, 0.3) is 5.91 Å². The van der Waals surface area contributed by atoms with Gasteiger partial charge in [-0.05, 0) is 48.9 Å². The lowest BCUT2D eigenvalue weighted by molar-refractivity contribution is -0.140. The molecule has 1 amide bonds. The molecule has 0 saturated carbocycles. The molecule has 0 saturated heterocycles. The number of carbonyl (C=O) groups excluding carboxylic acids is 2. The van der Waals surface area contributed by atoms with Gasteiger partial charge in [-0.2, -0.15) is 0 Å². The third-order valence-corrected chi connectivity index (χ3v) is 3.45. The maximum absolute atomic E-state index is 11.9. The second-order valence-electron chi connectivity index (χ2n) is 4.77. The Balaban J connectivity index is 1.94. The van der Waals surface area contributed by atoms with Crippen molar-refractivity contribution in [1.82, 2.24) is 5.32 Å². The van der Waals surface area contributed by atoms with Gasteiger partial charge in [0.15, 0.2) is 0 Å². The molecule has 0 bridgehead atoms. The smallest absolute Gasteiger partial charge is 0.307 e. The van der Waals surface area contributed by atoms with Gasteiger partial charge in [0.2, 0.25) is 0 Å². The van der Waals surface area contributed by atoms with Crippen LogP contribution in [0.1, 0.15) is 40.7 Å². The summed E-state index contributed by atoms with van der Waals surface area (Å²) in [5.74, 6) is -0.442.